The molecule has 0 aliphatic carbocycles. The molecule has 0 amide bonds. The summed E-state index contributed by atoms with van der Waals surface area (Å²) in [5.41, 5.74) is -5.21. The lowest BCUT2D eigenvalue weighted by Crippen LogP contribution is -2.43. The molecule has 0 saturated carbocycles. The first-order valence-electron chi connectivity index (χ1n) is 8.63. The van der Waals surface area contributed by atoms with E-state index in [-0.39, 0.29) is 0 Å². The summed E-state index contributed by atoms with van der Waals surface area (Å²) in [5.74, 6) is -13.2. The van der Waals surface area contributed by atoms with Gasteiger partial charge in [-0.05, 0) is 0 Å². The molecule has 2 aliphatic heterocycles. The van der Waals surface area contributed by atoms with Crippen molar-refractivity contribution >= 4 is 81.8 Å². The predicted octanol–water partition coefficient (Wildman–Crippen LogP) is -1.17. The number of ketones is 4. The topological polar surface area (TPSA) is 195 Å². The van der Waals surface area contributed by atoms with Crippen LogP contribution in [0.4, 0.5) is 0 Å². The average molecular weight is 516 g/mol. The van der Waals surface area contributed by atoms with Gasteiger partial charge in [0.2, 0.25) is 21.1 Å². The summed E-state index contributed by atoms with van der Waals surface area (Å²) in [6, 6.07) is 0. The van der Waals surface area contributed by atoms with Crippen LogP contribution in [-0.4, -0.2) is 72.2 Å². The van der Waals surface area contributed by atoms with Gasteiger partial charge in [-0.2, -0.15) is 0 Å². The fourth-order valence-electron chi connectivity index (χ4n) is 2.93. The third-order valence-electron chi connectivity index (χ3n) is 4.64. The third kappa shape index (κ3) is 5.56. The zero-order valence-corrected chi connectivity index (χ0v) is 18.0. The smallest absolute Gasteiger partial charge is 0.346 e. The van der Waals surface area contributed by atoms with Crippen LogP contribution in [-0.2, 0) is 47.8 Å². The van der Waals surface area contributed by atoms with Crippen LogP contribution in [0.5, 0.6) is 0 Å². The van der Waals surface area contributed by atoms with E-state index in [1.165, 1.54) is 0 Å². The molecule has 2 N–H and O–H groups in total. The van der Waals surface area contributed by atoms with E-state index in [1.807, 2.05) is 0 Å². The van der Waals surface area contributed by atoms with Gasteiger partial charge in [0.05, 0.1) is 31.6 Å². The molecule has 2 rings (SSSR count). The molecule has 3 unspecified atom stereocenters. The Kier molecular flexibility index (Phi) is 7.27. The predicted molar refractivity (Wildman–Crippen MR) is 99.0 cm³/mol. The van der Waals surface area contributed by atoms with Gasteiger partial charge in [0.25, 0.3) is 0 Å². The minimum absolute atomic E-state index is 0.885. The van der Waals surface area contributed by atoms with Crippen molar-refractivity contribution in [2.75, 3.05) is 0 Å². The molecular weight excluding hydrogens is 503 g/mol. The van der Waals surface area contributed by atoms with Crippen molar-refractivity contribution in [1.82, 2.24) is 0 Å². The first kappa shape index (κ1) is 26.0. The molecule has 0 bridgehead atoms. The second kappa shape index (κ2) is 8.94. The Hall–Kier alpha value is -2.25. The average Bonchev–Trinajstić information content (AvgIpc) is 3.03. The van der Waals surface area contributed by atoms with E-state index >= 15 is 0 Å². The van der Waals surface area contributed by atoms with Crippen LogP contribution in [0.25, 0.3) is 0 Å². The lowest BCUT2D eigenvalue weighted by atomic mass is 9.87. The van der Waals surface area contributed by atoms with Crippen LogP contribution in [0.15, 0.2) is 0 Å². The highest BCUT2D eigenvalue weighted by Crippen LogP contribution is 2.39. The molecule has 3 atom stereocenters. The number of halogens is 3. The fourth-order valence-corrected chi connectivity index (χ4v) is 3.46. The molecule has 15 heteroatoms. The number of hydrogen-bond donors (Lipinski definition) is 2. The standard InChI is InChI=1S/C17H13Cl3O12/c18-17(19,20)6(12(26)9(23)3-16(30)5-11(25)32-14(16)28)1-7(21)8(22)2-15(29)4-10(24)31-13(15)27/h6,29-30H,1-5H2. The van der Waals surface area contributed by atoms with Crippen LogP contribution in [0.3, 0.4) is 0 Å². The monoisotopic (exact) mass is 514 g/mol. The quantitative estimate of drug-likeness (QED) is 0.162. The van der Waals surface area contributed by atoms with Gasteiger partial charge in [0.1, 0.15) is 0 Å². The highest BCUT2D eigenvalue weighted by atomic mass is 35.6. The lowest BCUT2D eigenvalue weighted by Gasteiger charge is -2.23. The highest BCUT2D eigenvalue weighted by Gasteiger charge is 2.53. The zero-order valence-electron chi connectivity index (χ0n) is 15.7. The number of esters is 4. The highest BCUT2D eigenvalue weighted by molar-refractivity contribution is 6.69. The summed E-state index contributed by atoms with van der Waals surface area (Å²) in [6.07, 6.45) is -5.35. The Morgan fingerprint density at radius 3 is 1.56 bits per heavy atom. The van der Waals surface area contributed by atoms with Crippen molar-refractivity contribution < 1.29 is 58.0 Å². The number of rotatable bonds is 9. The number of aliphatic hydroxyl groups is 2. The SMILES string of the molecule is O=C1CC(O)(CC(=O)C(=O)CC(C(=O)C(=O)CC2(O)CC(=O)OC2=O)C(Cl)(Cl)Cl)C(=O)O1. The maximum absolute atomic E-state index is 12.5. The normalized spacial score (nSPS) is 26.5. The van der Waals surface area contributed by atoms with Crippen molar-refractivity contribution in [1.29, 1.82) is 0 Å². The van der Waals surface area contributed by atoms with Crippen LogP contribution < -0.4 is 0 Å². The molecule has 174 valence electrons. The van der Waals surface area contributed by atoms with Gasteiger partial charge in [-0.3, -0.25) is 28.8 Å². The molecule has 32 heavy (non-hydrogen) atoms. The summed E-state index contributed by atoms with van der Waals surface area (Å²) in [7, 11) is 0. The molecule has 0 aromatic carbocycles. The first-order chi connectivity index (χ1) is 14.5. The number of carbonyl (C=O) groups excluding carboxylic acids is 8. The summed E-state index contributed by atoms with van der Waals surface area (Å²) in [5, 5.41) is 20.1. The maximum Gasteiger partial charge on any atom is 0.346 e. The summed E-state index contributed by atoms with van der Waals surface area (Å²) < 4.78 is 5.61. The molecule has 2 aliphatic rings. The van der Waals surface area contributed by atoms with Crippen LogP contribution in [0.2, 0.25) is 0 Å². The number of Topliss-reactive ketones (excluding diaryl/α,β-unsaturated/α-hetero) is 4. The molecule has 0 aromatic heterocycles. The van der Waals surface area contributed by atoms with E-state index in [0.29, 0.717) is 0 Å². The lowest BCUT2D eigenvalue weighted by molar-refractivity contribution is -0.161. The van der Waals surface area contributed by atoms with E-state index < -0.39 is 100 Å². The van der Waals surface area contributed by atoms with E-state index in [0.717, 1.165) is 0 Å². The first-order valence-corrected chi connectivity index (χ1v) is 9.77. The van der Waals surface area contributed by atoms with Gasteiger partial charge in [-0.15, -0.1) is 0 Å². The maximum atomic E-state index is 12.5. The Balaban J connectivity index is 2.12. The van der Waals surface area contributed by atoms with E-state index in [1.54, 1.807) is 0 Å². The van der Waals surface area contributed by atoms with Crippen LogP contribution in [0.1, 0.15) is 32.1 Å². The van der Waals surface area contributed by atoms with Crippen molar-refractivity contribution in [2.24, 2.45) is 5.92 Å². The molecule has 0 aromatic rings. The van der Waals surface area contributed by atoms with E-state index in [9.17, 15) is 48.6 Å². The van der Waals surface area contributed by atoms with Gasteiger partial charge in [0.15, 0.2) is 17.0 Å². The van der Waals surface area contributed by atoms with Crippen molar-refractivity contribution in [3.05, 3.63) is 0 Å². The number of ether oxygens (including phenoxy) is 2. The Labute approximate surface area is 193 Å². The van der Waals surface area contributed by atoms with Gasteiger partial charge >= 0.3 is 23.9 Å². The van der Waals surface area contributed by atoms with E-state index in [2.05, 4.69) is 9.47 Å². The summed E-state index contributed by atoms with van der Waals surface area (Å²) >= 11 is 16.9. The fraction of sp³-hybridized carbons (Fsp3) is 0.529. The Bertz CT molecular complexity index is 951. The molecule has 2 saturated heterocycles. The van der Waals surface area contributed by atoms with Gasteiger partial charge in [-0.1, -0.05) is 34.8 Å². The Morgan fingerprint density at radius 2 is 1.22 bits per heavy atom. The molecule has 2 heterocycles. The number of carbonyl (C=O) groups is 8. The van der Waals surface area contributed by atoms with Crippen molar-refractivity contribution in [3.63, 3.8) is 0 Å². The van der Waals surface area contributed by atoms with Gasteiger partial charge < -0.3 is 19.7 Å². The molecule has 0 radical (unpaired) electrons. The summed E-state index contributed by atoms with van der Waals surface area (Å²) in [4.78, 5) is 94.4. The number of cyclic esters (lactones) is 4. The largest absolute Gasteiger partial charge is 0.391 e. The minimum atomic E-state index is -2.62. The summed E-state index contributed by atoms with van der Waals surface area (Å²) in [6.45, 7) is 0. The molecular formula is C17H13Cl3O12. The number of hydrogen-bond acceptors (Lipinski definition) is 12. The van der Waals surface area contributed by atoms with Crippen molar-refractivity contribution in [2.45, 2.75) is 47.1 Å². The van der Waals surface area contributed by atoms with Crippen molar-refractivity contribution in [3.8, 4) is 0 Å². The number of alkyl halides is 3. The third-order valence-corrected chi connectivity index (χ3v) is 5.43. The van der Waals surface area contributed by atoms with Gasteiger partial charge in [0, 0.05) is 6.42 Å². The second-order valence-electron chi connectivity index (χ2n) is 7.23. The molecule has 2 fully saturated rings. The Morgan fingerprint density at radius 1 is 0.812 bits per heavy atom. The minimum Gasteiger partial charge on any atom is -0.391 e. The second-order valence-corrected chi connectivity index (χ2v) is 9.59. The zero-order chi connectivity index (χ0) is 24.6. The van der Waals surface area contributed by atoms with Crippen LogP contribution in [0, 0.1) is 5.92 Å². The van der Waals surface area contributed by atoms with Crippen LogP contribution >= 0.6 is 34.8 Å². The molecule has 0 spiro atoms. The molecule has 12 nitrogen and oxygen atoms in total. The van der Waals surface area contributed by atoms with E-state index in [4.69, 9.17) is 34.8 Å². The van der Waals surface area contributed by atoms with Gasteiger partial charge in [-0.25, -0.2) is 9.59 Å².